The van der Waals surface area contributed by atoms with Crippen molar-refractivity contribution in [3.63, 3.8) is 0 Å². The van der Waals surface area contributed by atoms with Gasteiger partial charge in [0.15, 0.2) is 0 Å². The highest BCUT2D eigenvalue weighted by Crippen LogP contribution is 2.25. The Hall–Kier alpha value is -0.870. The van der Waals surface area contributed by atoms with Gasteiger partial charge in [-0.05, 0) is 39.0 Å². The number of carbonyl (C=O) groups excluding carboxylic acids is 1. The number of hydrogen-bond donors (Lipinski definition) is 2. The van der Waals surface area contributed by atoms with E-state index >= 15 is 0 Å². The third-order valence-electron chi connectivity index (χ3n) is 1.59. The number of ether oxygens (including phenoxy) is 1. The van der Waals surface area contributed by atoms with Crippen LogP contribution in [0, 0.1) is 0 Å². The van der Waals surface area contributed by atoms with E-state index in [1.165, 1.54) is 0 Å². The van der Waals surface area contributed by atoms with Crippen LogP contribution in [0.4, 0.5) is 10.5 Å². The van der Waals surface area contributed by atoms with Gasteiger partial charge in [0.2, 0.25) is 0 Å². The molecule has 0 radical (unpaired) electrons. The van der Waals surface area contributed by atoms with Gasteiger partial charge in [-0.2, -0.15) is 0 Å². The highest BCUT2D eigenvalue weighted by molar-refractivity contribution is 7.80. The van der Waals surface area contributed by atoms with E-state index in [4.69, 9.17) is 16.3 Å². The molecule has 0 saturated carbocycles. The summed E-state index contributed by atoms with van der Waals surface area (Å²) in [7, 11) is 0. The van der Waals surface area contributed by atoms with E-state index < -0.39 is 11.7 Å². The average Bonchev–Trinajstić information content (AvgIpc) is 2.08. The van der Waals surface area contributed by atoms with Gasteiger partial charge in [0, 0.05) is 4.90 Å². The van der Waals surface area contributed by atoms with Gasteiger partial charge in [-0.15, -0.1) is 12.6 Å². The van der Waals surface area contributed by atoms with Gasteiger partial charge in [-0.1, -0.05) is 11.6 Å². The zero-order valence-corrected chi connectivity index (χ0v) is 11.0. The van der Waals surface area contributed by atoms with Crippen LogP contribution in [0.5, 0.6) is 0 Å². The number of halogens is 1. The molecule has 1 N–H and O–H groups in total. The fraction of sp³-hybridized carbons (Fsp3) is 0.364. The summed E-state index contributed by atoms with van der Waals surface area (Å²) < 4.78 is 5.10. The lowest BCUT2D eigenvalue weighted by Gasteiger charge is -2.20. The lowest BCUT2D eigenvalue weighted by molar-refractivity contribution is 0.0636. The van der Waals surface area contributed by atoms with Gasteiger partial charge in [0.05, 0.1) is 10.7 Å². The van der Waals surface area contributed by atoms with Gasteiger partial charge in [-0.3, -0.25) is 5.32 Å². The smallest absolute Gasteiger partial charge is 0.412 e. The molecule has 5 heteroatoms. The van der Waals surface area contributed by atoms with Crippen molar-refractivity contribution >= 4 is 36.0 Å². The van der Waals surface area contributed by atoms with Crippen LogP contribution in [0.1, 0.15) is 20.8 Å². The van der Waals surface area contributed by atoms with Crippen molar-refractivity contribution in [2.75, 3.05) is 5.32 Å². The first-order chi connectivity index (χ1) is 7.28. The predicted molar refractivity (Wildman–Crippen MR) is 68.6 cm³/mol. The zero-order valence-electron chi connectivity index (χ0n) is 9.37. The molecule has 0 unspecified atom stereocenters. The Bertz CT molecular complexity index is 401. The quantitative estimate of drug-likeness (QED) is 0.749. The summed E-state index contributed by atoms with van der Waals surface area (Å²) in [6.45, 7) is 5.38. The number of hydrogen-bond acceptors (Lipinski definition) is 3. The van der Waals surface area contributed by atoms with E-state index in [1.54, 1.807) is 39.0 Å². The molecule has 16 heavy (non-hydrogen) atoms. The van der Waals surface area contributed by atoms with Crippen LogP contribution in [0.2, 0.25) is 5.02 Å². The second-order valence-electron chi connectivity index (χ2n) is 4.29. The lowest BCUT2D eigenvalue weighted by atomic mass is 10.2. The highest BCUT2D eigenvalue weighted by Gasteiger charge is 2.16. The molecule has 1 amide bonds. The molecule has 1 aromatic carbocycles. The fourth-order valence-corrected chi connectivity index (χ4v) is 1.39. The molecule has 3 nitrogen and oxygen atoms in total. The minimum absolute atomic E-state index is 0.448. The SMILES string of the molecule is CC(C)(C)OC(=O)Nc1cc(S)ccc1Cl. The number of thiol groups is 1. The van der Waals surface area contributed by atoms with Crippen molar-refractivity contribution in [1.82, 2.24) is 0 Å². The molecule has 0 aliphatic heterocycles. The van der Waals surface area contributed by atoms with Crippen LogP contribution >= 0.6 is 24.2 Å². The van der Waals surface area contributed by atoms with E-state index in [1.807, 2.05) is 0 Å². The molecule has 0 spiro atoms. The lowest BCUT2D eigenvalue weighted by Crippen LogP contribution is -2.27. The Morgan fingerprint density at radius 2 is 2.06 bits per heavy atom. The van der Waals surface area contributed by atoms with Gasteiger partial charge in [-0.25, -0.2) is 4.79 Å². The molecule has 1 rings (SSSR count). The molecule has 0 saturated heterocycles. The Morgan fingerprint density at radius 3 is 2.62 bits per heavy atom. The summed E-state index contributed by atoms with van der Waals surface area (Å²) in [5.41, 5.74) is -0.0433. The van der Waals surface area contributed by atoms with E-state index in [-0.39, 0.29) is 0 Å². The summed E-state index contributed by atoms with van der Waals surface area (Å²) >= 11 is 10.1. The van der Waals surface area contributed by atoms with Crippen molar-refractivity contribution < 1.29 is 9.53 Å². The Labute approximate surface area is 106 Å². The summed E-state index contributed by atoms with van der Waals surface area (Å²) in [6.07, 6.45) is -0.534. The summed E-state index contributed by atoms with van der Waals surface area (Å²) in [6, 6.07) is 5.07. The van der Waals surface area contributed by atoms with Crippen LogP contribution in [0.25, 0.3) is 0 Å². The standard InChI is InChI=1S/C11H14ClNO2S/c1-11(2,3)15-10(14)13-9-6-7(16)4-5-8(9)12/h4-6,16H,1-3H3,(H,13,14). The van der Waals surface area contributed by atoms with E-state index in [9.17, 15) is 4.79 Å². The first-order valence-electron chi connectivity index (χ1n) is 4.76. The second-order valence-corrected chi connectivity index (χ2v) is 5.21. The van der Waals surface area contributed by atoms with Crippen LogP contribution < -0.4 is 5.32 Å². The average molecular weight is 260 g/mol. The number of nitrogens with one attached hydrogen (secondary N) is 1. The normalized spacial score (nSPS) is 11.1. The number of benzene rings is 1. The maximum Gasteiger partial charge on any atom is 0.412 e. The van der Waals surface area contributed by atoms with Crippen molar-refractivity contribution in [2.24, 2.45) is 0 Å². The largest absolute Gasteiger partial charge is 0.444 e. The van der Waals surface area contributed by atoms with Gasteiger partial charge in [0.1, 0.15) is 5.60 Å². The van der Waals surface area contributed by atoms with E-state index in [2.05, 4.69) is 17.9 Å². The molecule has 0 fully saturated rings. The summed E-state index contributed by atoms with van der Waals surface area (Å²) in [5, 5.41) is 3.01. The van der Waals surface area contributed by atoms with Crippen LogP contribution in [-0.4, -0.2) is 11.7 Å². The van der Waals surface area contributed by atoms with Crippen molar-refractivity contribution in [1.29, 1.82) is 0 Å². The monoisotopic (exact) mass is 259 g/mol. The van der Waals surface area contributed by atoms with Gasteiger partial charge in [0.25, 0.3) is 0 Å². The molecule has 0 bridgehead atoms. The molecule has 0 aliphatic rings. The second kappa shape index (κ2) is 4.97. The minimum atomic E-state index is -0.534. The third kappa shape index (κ3) is 4.33. The Kier molecular flexibility index (Phi) is 4.10. The van der Waals surface area contributed by atoms with Gasteiger partial charge < -0.3 is 4.74 Å². The maximum absolute atomic E-state index is 11.5. The third-order valence-corrected chi connectivity index (χ3v) is 2.19. The van der Waals surface area contributed by atoms with Crippen molar-refractivity contribution in [2.45, 2.75) is 31.3 Å². The van der Waals surface area contributed by atoms with Crippen molar-refractivity contribution in [3.8, 4) is 0 Å². The molecule has 0 atom stereocenters. The predicted octanol–water partition coefficient (Wildman–Crippen LogP) is 3.98. The van der Waals surface area contributed by atoms with Crippen LogP contribution in [0.15, 0.2) is 23.1 Å². The first-order valence-corrected chi connectivity index (χ1v) is 5.59. The number of anilines is 1. The Balaban J connectivity index is 2.73. The molecule has 0 aromatic heterocycles. The van der Waals surface area contributed by atoms with Crippen molar-refractivity contribution in [3.05, 3.63) is 23.2 Å². The highest BCUT2D eigenvalue weighted by atomic mass is 35.5. The summed E-state index contributed by atoms with van der Waals surface area (Å²) in [5.74, 6) is 0. The van der Waals surface area contributed by atoms with Crippen LogP contribution in [-0.2, 0) is 4.74 Å². The topological polar surface area (TPSA) is 38.3 Å². The number of amides is 1. The maximum atomic E-state index is 11.5. The first kappa shape index (κ1) is 13.2. The summed E-state index contributed by atoms with van der Waals surface area (Å²) in [4.78, 5) is 12.2. The molecular formula is C11H14ClNO2S. The van der Waals surface area contributed by atoms with E-state index in [0.717, 1.165) is 4.90 Å². The number of carbonyl (C=O) groups is 1. The Morgan fingerprint density at radius 1 is 1.44 bits per heavy atom. The minimum Gasteiger partial charge on any atom is -0.444 e. The molecule has 1 aromatic rings. The molecule has 0 heterocycles. The van der Waals surface area contributed by atoms with Gasteiger partial charge >= 0.3 is 6.09 Å². The molecular weight excluding hydrogens is 246 g/mol. The fourth-order valence-electron chi connectivity index (χ4n) is 1.02. The molecule has 88 valence electrons. The van der Waals surface area contributed by atoms with Crippen LogP contribution in [0.3, 0.4) is 0 Å². The zero-order chi connectivity index (χ0) is 12.3. The van der Waals surface area contributed by atoms with E-state index in [0.29, 0.717) is 10.7 Å². The number of rotatable bonds is 1. The molecule has 0 aliphatic carbocycles.